The first-order valence-corrected chi connectivity index (χ1v) is 7.98. The second-order valence-corrected chi connectivity index (χ2v) is 6.79. The molecule has 0 fully saturated rings. The number of nitrogens with zero attached hydrogens (tertiary/aromatic N) is 1. The molecule has 0 aliphatic rings. The molecule has 3 heteroatoms. The van der Waals surface area contributed by atoms with Crippen LogP contribution in [0.25, 0.3) is 0 Å². The van der Waals surface area contributed by atoms with Gasteiger partial charge in [-0.25, -0.2) is 0 Å². The van der Waals surface area contributed by atoms with Crippen molar-refractivity contribution in [3.05, 3.63) is 63.4 Å². The number of hydrogen-bond acceptors (Lipinski definition) is 2. The molecule has 2 nitrogen and oxygen atoms in total. The van der Waals surface area contributed by atoms with Crippen molar-refractivity contribution < 1.29 is 4.79 Å². The summed E-state index contributed by atoms with van der Waals surface area (Å²) >= 11 is 3.37. The van der Waals surface area contributed by atoms with Gasteiger partial charge in [0.2, 0.25) is 0 Å². The van der Waals surface area contributed by atoms with Crippen LogP contribution in [0.3, 0.4) is 0 Å². The fraction of sp³-hybridized carbons (Fsp3) is 0.333. The largest absolute Gasteiger partial charge is 0.289 e. The predicted molar refractivity (Wildman–Crippen MR) is 90.0 cm³/mol. The maximum absolute atomic E-state index is 12.7. The van der Waals surface area contributed by atoms with Crippen molar-refractivity contribution in [1.29, 1.82) is 0 Å². The Hall–Kier alpha value is -1.48. The van der Waals surface area contributed by atoms with Gasteiger partial charge in [-0.1, -0.05) is 45.9 Å². The van der Waals surface area contributed by atoms with Gasteiger partial charge >= 0.3 is 0 Å². The summed E-state index contributed by atoms with van der Waals surface area (Å²) in [5.74, 6) is 0.796. The molecule has 0 aliphatic heterocycles. The summed E-state index contributed by atoms with van der Waals surface area (Å²) in [5.41, 5.74) is 3.76. The molecule has 2 aromatic rings. The van der Waals surface area contributed by atoms with Crippen LogP contribution < -0.4 is 0 Å². The molecule has 0 spiro atoms. The van der Waals surface area contributed by atoms with Crippen LogP contribution in [0.4, 0.5) is 0 Å². The van der Waals surface area contributed by atoms with Gasteiger partial charge in [0.05, 0.1) is 0 Å². The number of carbonyl (C=O) groups is 1. The van der Waals surface area contributed by atoms with Gasteiger partial charge in [0, 0.05) is 28.0 Å². The predicted octanol–water partition coefficient (Wildman–Crippen LogP) is 5.32. The normalized spacial score (nSPS) is 11.2. The lowest BCUT2D eigenvalue weighted by Crippen LogP contribution is -2.08. The molecule has 0 saturated carbocycles. The zero-order valence-electron chi connectivity index (χ0n) is 12.9. The molecular weight excluding hydrogens is 326 g/mol. The third-order valence-corrected chi connectivity index (χ3v) is 4.01. The average Bonchev–Trinajstić information content (AvgIpc) is 2.45. The van der Waals surface area contributed by atoms with Crippen molar-refractivity contribution in [3.8, 4) is 0 Å². The standard InChI is InChI=1S/C18H20BrNO/c1-11(2)13-5-6-16(17(8-13)12(3)4)18(21)14-7-15(19)10-20-9-14/h5-12H,1-4H3. The first-order chi connectivity index (χ1) is 9.90. The van der Waals surface area contributed by atoms with Crippen LogP contribution in [0.2, 0.25) is 0 Å². The van der Waals surface area contributed by atoms with Gasteiger partial charge in [-0.15, -0.1) is 0 Å². The molecule has 0 radical (unpaired) electrons. The second-order valence-electron chi connectivity index (χ2n) is 5.88. The second kappa shape index (κ2) is 6.52. The summed E-state index contributed by atoms with van der Waals surface area (Å²) < 4.78 is 0.818. The highest BCUT2D eigenvalue weighted by molar-refractivity contribution is 9.10. The summed E-state index contributed by atoms with van der Waals surface area (Å²) in [6, 6.07) is 7.98. The summed E-state index contributed by atoms with van der Waals surface area (Å²) in [6.45, 7) is 8.57. The van der Waals surface area contributed by atoms with Crippen molar-refractivity contribution in [1.82, 2.24) is 4.98 Å². The van der Waals surface area contributed by atoms with Crippen molar-refractivity contribution in [2.24, 2.45) is 0 Å². The average molecular weight is 346 g/mol. The van der Waals surface area contributed by atoms with Crippen LogP contribution in [-0.4, -0.2) is 10.8 Å². The fourth-order valence-electron chi connectivity index (χ4n) is 2.32. The smallest absolute Gasteiger partial charge is 0.194 e. The Labute approximate surface area is 134 Å². The van der Waals surface area contributed by atoms with E-state index in [4.69, 9.17) is 0 Å². The van der Waals surface area contributed by atoms with E-state index in [1.807, 2.05) is 12.1 Å². The van der Waals surface area contributed by atoms with E-state index in [9.17, 15) is 4.79 Å². The van der Waals surface area contributed by atoms with Gasteiger partial charge in [-0.2, -0.15) is 0 Å². The molecule has 0 N–H and O–H groups in total. The number of rotatable bonds is 4. The summed E-state index contributed by atoms with van der Waals surface area (Å²) in [5, 5.41) is 0. The van der Waals surface area contributed by atoms with Crippen molar-refractivity contribution in [2.45, 2.75) is 39.5 Å². The lowest BCUT2D eigenvalue weighted by molar-refractivity contribution is 0.103. The number of halogens is 1. The van der Waals surface area contributed by atoms with Gasteiger partial charge in [0.1, 0.15) is 0 Å². The summed E-state index contributed by atoms with van der Waals surface area (Å²) in [7, 11) is 0. The maximum atomic E-state index is 12.7. The molecular formula is C18H20BrNO. The first-order valence-electron chi connectivity index (χ1n) is 7.19. The Morgan fingerprint density at radius 1 is 1.05 bits per heavy atom. The van der Waals surface area contributed by atoms with E-state index >= 15 is 0 Å². The minimum absolute atomic E-state index is 0.0304. The molecule has 21 heavy (non-hydrogen) atoms. The van der Waals surface area contributed by atoms with E-state index in [0.29, 0.717) is 17.4 Å². The highest BCUT2D eigenvalue weighted by Gasteiger charge is 2.17. The van der Waals surface area contributed by atoms with Gasteiger partial charge in [0.15, 0.2) is 5.78 Å². The topological polar surface area (TPSA) is 30.0 Å². The zero-order valence-corrected chi connectivity index (χ0v) is 14.4. The molecule has 2 rings (SSSR count). The number of ketones is 1. The summed E-state index contributed by atoms with van der Waals surface area (Å²) in [4.78, 5) is 16.8. The number of hydrogen-bond donors (Lipinski definition) is 0. The van der Waals surface area contributed by atoms with Gasteiger partial charge in [0.25, 0.3) is 0 Å². The van der Waals surface area contributed by atoms with E-state index < -0.39 is 0 Å². The Balaban J connectivity index is 2.50. The maximum Gasteiger partial charge on any atom is 0.194 e. The molecule has 1 aromatic carbocycles. The van der Waals surface area contributed by atoms with Crippen LogP contribution in [-0.2, 0) is 0 Å². The van der Waals surface area contributed by atoms with Crippen LogP contribution in [0.1, 0.15) is 66.6 Å². The summed E-state index contributed by atoms with van der Waals surface area (Å²) in [6.07, 6.45) is 3.30. The number of pyridine rings is 1. The van der Waals surface area contributed by atoms with Crippen molar-refractivity contribution >= 4 is 21.7 Å². The van der Waals surface area contributed by atoms with Crippen molar-refractivity contribution in [2.75, 3.05) is 0 Å². The monoisotopic (exact) mass is 345 g/mol. The number of carbonyl (C=O) groups excluding carboxylic acids is 1. The van der Waals surface area contributed by atoms with E-state index in [1.54, 1.807) is 12.4 Å². The third-order valence-electron chi connectivity index (χ3n) is 3.58. The Morgan fingerprint density at radius 3 is 2.33 bits per heavy atom. The van der Waals surface area contributed by atoms with Crippen LogP contribution in [0, 0.1) is 0 Å². The number of benzene rings is 1. The van der Waals surface area contributed by atoms with Crippen LogP contribution >= 0.6 is 15.9 Å². The molecule has 110 valence electrons. The molecule has 0 saturated heterocycles. The molecule has 0 atom stereocenters. The van der Waals surface area contributed by atoms with E-state index in [0.717, 1.165) is 15.6 Å². The highest BCUT2D eigenvalue weighted by Crippen LogP contribution is 2.27. The van der Waals surface area contributed by atoms with Gasteiger partial charge in [-0.3, -0.25) is 9.78 Å². The van der Waals surface area contributed by atoms with Gasteiger partial charge < -0.3 is 0 Å². The first kappa shape index (κ1) is 15.9. The van der Waals surface area contributed by atoms with Crippen molar-refractivity contribution in [3.63, 3.8) is 0 Å². The highest BCUT2D eigenvalue weighted by atomic mass is 79.9. The SMILES string of the molecule is CC(C)c1ccc(C(=O)c2cncc(Br)c2)c(C(C)C)c1. The zero-order chi connectivity index (χ0) is 15.6. The minimum atomic E-state index is 0.0304. The van der Waals surface area contributed by atoms with E-state index in [-0.39, 0.29) is 5.78 Å². The molecule has 0 amide bonds. The minimum Gasteiger partial charge on any atom is -0.289 e. The number of aromatic nitrogens is 1. The molecule has 0 bridgehead atoms. The van der Waals surface area contributed by atoms with Crippen LogP contribution in [0.15, 0.2) is 41.1 Å². The van der Waals surface area contributed by atoms with E-state index in [2.05, 4.69) is 60.7 Å². The fourth-order valence-corrected chi connectivity index (χ4v) is 2.68. The lowest BCUT2D eigenvalue weighted by atomic mass is 9.88. The third kappa shape index (κ3) is 3.59. The molecule has 1 aromatic heterocycles. The molecule has 1 heterocycles. The Bertz CT molecular complexity index is 662. The Kier molecular flexibility index (Phi) is 4.94. The Morgan fingerprint density at radius 2 is 1.76 bits per heavy atom. The lowest BCUT2D eigenvalue weighted by Gasteiger charge is -2.15. The van der Waals surface area contributed by atoms with Gasteiger partial charge in [-0.05, 0) is 45.0 Å². The quantitative estimate of drug-likeness (QED) is 0.701. The molecule has 0 unspecified atom stereocenters. The van der Waals surface area contributed by atoms with E-state index in [1.165, 1.54) is 5.56 Å². The molecule has 0 aliphatic carbocycles. The van der Waals surface area contributed by atoms with Crippen LogP contribution in [0.5, 0.6) is 0 Å².